The van der Waals surface area contributed by atoms with Crippen LogP contribution in [0.3, 0.4) is 0 Å². The van der Waals surface area contributed by atoms with Gasteiger partial charge in [-0.1, -0.05) is 61.1 Å². The molecule has 7 atom stereocenters. The van der Waals surface area contributed by atoms with Gasteiger partial charge in [0.15, 0.2) is 0 Å². The molecule has 2 aliphatic carbocycles. The summed E-state index contributed by atoms with van der Waals surface area (Å²) in [5, 5.41) is 21.0. The van der Waals surface area contributed by atoms with Gasteiger partial charge < -0.3 is 14.9 Å². The molecule has 184 valence electrons. The summed E-state index contributed by atoms with van der Waals surface area (Å²) < 4.78 is 5.56. The average molecular weight is 465 g/mol. The summed E-state index contributed by atoms with van der Waals surface area (Å²) in [5.74, 6) is 6.88. The Morgan fingerprint density at radius 2 is 2.00 bits per heavy atom. The van der Waals surface area contributed by atoms with E-state index in [-0.39, 0.29) is 30.0 Å². The van der Waals surface area contributed by atoms with Crippen LogP contribution < -0.4 is 0 Å². The van der Waals surface area contributed by atoms with Gasteiger partial charge in [-0.25, -0.2) is 0 Å². The van der Waals surface area contributed by atoms with E-state index >= 15 is 0 Å². The summed E-state index contributed by atoms with van der Waals surface area (Å²) in [7, 11) is 0. The smallest absolute Gasteiger partial charge is 0.306 e. The zero-order valence-electron chi connectivity index (χ0n) is 20.8. The first-order chi connectivity index (χ1) is 16.4. The lowest BCUT2D eigenvalue weighted by atomic mass is 9.89. The molecule has 0 saturated heterocycles. The third-order valence-corrected chi connectivity index (χ3v) is 7.42. The van der Waals surface area contributed by atoms with Crippen LogP contribution in [0.25, 0.3) is 0 Å². The topological polar surface area (TPSA) is 66.8 Å². The Bertz CT molecular complexity index is 907. The zero-order chi connectivity index (χ0) is 24.5. The van der Waals surface area contributed by atoms with Crippen molar-refractivity contribution in [2.75, 3.05) is 0 Å². The fourth-order valence-corrected chi connectivity index (χ4v) is 5.36. The fourth-order valence-electron chi connectivity index (χ4n) is 5.36. The van der Waals surface area contributed by atoms with Gasteiger partial charge in [0.05, 0.1) is 12.2 Å². The molecular weight excluding hydrogens is 424 g/mol. The summed E-state index contributed by atoms with van der Waals surface area (Å²) in [6.07, 6.45) is 10.7. The normalized spacial score (nSPS) is 27.7. The Kier molecular flexibility index (Phi) is 9.99. The van der Waals surface area contributed by atoms with E-state index in [0.717, 1.165) is 37.7 Å². The van der Waals surface area contributed by atoms with E-state index in [0.29, 0.717) is 24.7 Å². The van der Waals surface area contributed by atoms with E-state index in [4.69, 9.17) is 4.74 Å². The summed E-state index contributed by atoms with van der Waals surface area (Å²) in [4.78, 5) is 12.2. The van der Waals surface area contributed by atoms with Gasteiger partial charge in [0.1, 0.15) is 6.10 Å². The molecule has 3 rings (SSSR count). The predicted molar refractivity (Wildman–Crippen MR) is 136 cm³/mol. The summed E-state index contributed by atoms with van der Waals surface area (Å²) in [6, 6.07) is 9.81. The lowest BCUT2D eigenvalue weighted by Crippen LogP contribution is -2.19. The van der Waals surface area contributed by atoms with Crippen molar-refractivity contribution in [3.8, 4) is 11.8 Å². The second-order valence-corrected chi connectivity index (χ2v) is 9.99. The molecule has 1 aromatic rings. The molecule has 1 aromatic carbocycles. The summed E-state index contributed by atoms with van der Waals surface area (Å²) in [5.41, 5.74) is 2.45. The van der Waals surface area contributed by atoms with E-state index in [1.54, 1.807) is 0 Å². The molecule has 2 fully saturated rings. The second kappa shape index (κ2) is 12.9. The molecule has 2 N–H and O–H groups in total. The standard InChI is InChI=1S/C30H40O4/c1-4-5-11-21(2)28(31)17-16-26-27-19-23(18-25(27)20-29(26)32)12-9-10-15-30(33)34-22(3)24-13-7-6-8-14-24/h6-8,12-14,16-17,21-22,25-29,31-32H,9-11,15,18-20H2,1-3H3/b17-16+,23-12-/t21?,22-,25-,26+,27-,28+,29+/m0/s1. The van der Waals surface area contributed by atoms with Gasteiger partial charge in [0.25, 0.3) is 0 Å². The summed E-state index contributed by atoms with van der Waals surface area (Å²) in [6.45, 7) is 5.72. The van der Waals surface area contributed by atoms with Crippen molar-refractivity contribution in [2.45, 2.75) is 84.0 Å². The molecule has 0 amide bonds. The van der Waals surface area contributed by atoms with Gasteiger partial charge in [-0.2, -0.15) is 0 Å². The Morgan fingerprint density at radius 1 is 1.24 bits per heavy atom. The van der Waals surface area contributed by atoms with Crippen molar-refractivity contribution < 1.29 is 19.7 Å². The largest absolute Gasteiger partial charge is 0.458 e. The minimum absolute atomic E-state index is 0.0828. The first-order valence-corrected chi connectivity index (χ1v) is 12.8. The molecule has 1 unspecified atom stereocenters. The van der Waals surface area contributed by atoms with E-state index in [1.165, 1.54) is 5.57 Å². The molecule has 34 heavy (non-hydrogen) atoms. The number of allylic oxidation sites excluding steroid dienone is 2. The number of aliphatic hydroxyl groups excluding tert-OH is 2. The highest BCUT2D eigenvalue weighted by Gasteiger charge is 2.45. The first-order valence-electron chi connectivity index (χ1n) is 12.8. The molecule has 0 heterocycles. The zero-order valence-corrected chi connectivity index (χ0v) is 20.8. The Hall–Kier alpha value is -2.35. The number of unbranched alkanes of at least 4 members (excludes halogenated alkanes) is 1. The molecule has 2 saturated carbocycles. The van der Waals surface area contributed by atoms with Crippen molar-refractivity contribution in [1.82, 2.24) is 0 Å². The van der Waals surface area contributed by atoms with Crippen molar-refractivity contribution in [2.24, 2.45) is 23.7 Å². The molecule has 2 aliphatic rings. The second-order valence-electron chi connectivity index (χ2n) is 9.99. The van der Waals surface area contributed by atoms with Crippen LogP contribution in [0.4, 0.5) is 0 Å². The third kappa shape index (κ3) is 7.32. The van der Waals surface area contributed by atoms with Gasteiger partial charge >= 0.3 is 5.97 Å². The van der Waals surface area contributed by atoms with Crippen LogP contribution in [0.1, 0.15) is 77.4 Å². The van der Waals surface area contributed by atoms with Gasteiger partial charge in [0.2, 0.25) is 0 Å². The highest BCUT2D eigenvalue weighted by Crippen LogP contribution is 2.50. The van der Waals surface area contributed by atoms with E-state index in [2.05, 4.69) is 17.9 Å². The minimum Gasteiger partial charge on any atom is -0.458 e. The van der Waals surface area contributed by atoms with Crippen molar-refractivity contribution in [3.05, 3.63) is 59.7 Å². The van der Waals surface area contributed by atoms with E-state index in [9.17, 15) is 15.0 Å². The molecule has 4 nitrogen and oxygen atoms in total. The van der Waals surface area contributed by atoms with Crippen LogP contribution in [0.15, 0.2) is 54.1 Å². The van der Waals surface area contributed by atoms with Gasteiger partial charge in [-0.05, 0) is 69.3 Å². The number of carbonyl (C=O) groups is 1. The predicted octanol–water partition coefficient (Wildman–Crippen LogP) is 5.76. The maximum Gasteiger partial charge on any atom is 0.306 e. The Morgan fingerprint density at radius 3 is 2.74 bits per heavy atom. The number of benzene rings is 1. The summed E-state index contributed by atoms with van der Waals surface area (Å²) >= 11 is 0. The van der Waals surface area contributed by atoms with Gasteiger partial charge in [-0.15, -0.1) is 11.8 Å². The molecule has 0 aromatic heterocycles. The Labute approximate surface area is 205 Å². The minimum atomic E-state index is -0.534. The van der Waals surface area contributed by atoms with Crippen LogP contribution in [0, 0.1) is 35.5 Å². The van der Waals surface area contributed by atoms with E-state index < -0.39 is 6.10 Å². The first kappa shape index (κ1) is 26.3. The van der Waals surface area contributed by atoms with Gasteiger partial charge in [0, 0.05) is 18.8 Å². The number of hydrogen-bond acceptors (Lipinski definition) is 4. The SMILES string of the molecule is CC#CCC(C)[C@H](O)/C=C/[C@@H]1[C@H]2C/C(=C\CCCC(=O)O[C@@H](C)c3ccccc3)C[C@H]2C[C@H]1O. The maximum atomic E-state index is 12.2. The van der Waals surface area contributed by atoms with Crippen LogP contribution in [-0.2, 0) is 9.53 Å². The number of fused-ring (bicyclic) bond motifs is 1. The Balaban J connectivity index is 1.43. The quantitative estimate of drug-likeness (QED) is 0.200. The molecule has 4 heteroatoms. The van der Waals surface area contributed by atoms with Crippen LogP contribution in [0.5, 0.6) is 0 Å². The number of hydrogen-bond donors (Lipinski definition) is 2. The highest BCUT2D eigenvalue weighted by molar-refractivity contribution is 5.69. The van der Waals surface area contributed by atoms with Crippen LogP contribution in [0.2, 0.25) is 0 Å². The average Bonchev–Trinajstić information content (AvgIpc) is 3.35. The monoisotopic (exact) mass is 464 g/mol. The molecule has 0 radical (unpaired) electrons. The molecular formula is C30H40O4. The lowest BCUT2D eigenvalue weighted by molar-refractivity contribution is -0.148. The lowest BCUT2D eigenvalue weighted by Gasteiger charge is -2.19. The molecule has 0 aliphatic heterocycles. The van der Waals surface area contributed by atoms with Crippen molar-refractivity contribution in [3.63, 3.8) is 0 Å². The number of aliphatic hydroxyl groups is 2. The third-order valence-electron chi connectivity index (χ3n) is 7.42. The molecule has 0 spiro atoms. The number of esters is 1. The fraction of sp³-hybridized carbons (Fsp3) is 0.567. The van der Waals surface area contributed by atoms with Crippen LogP contribution in [-0.4, -0.2) is 28.4 Å². The highest BCUT2D eigenvalue weighted by atomic mass is 16.5. The number of rotatable bonds is 10. The van der Waals surface area contributed by atoms with E-state index in [1.807, 2.05) is 63.3 Å². The van der Waals surface area contributed by atoms with Crippen molar-refractivity contribution >= 4 is 5.97 Å². The number of carbonyl (C=O) groups excluding carboxylic acids is 1. The number of ether oxygens (including phenoxy) is 1. The van der Waals surface area contributed by atoms with Gasteiger partial charge in [-0.3, -0.25) is 4.79 Å². The maximum absolute atomic E-state index is 12.2. The van der Waals surface area contributed by atoms with Crippen molar-refractivity contribution in [1.29, 1.82) is 0 Å². The molecule has 0 bridgehead atoms. The van der Waals surface area contributed by atoms with Crippen LogP contribution >= 0.6 is 0 Å².